The molecule has 0 N–H and O–H groups in total. The number of hydrogen-bond acceptors (Lipinski definition) is 6. The summed E-state index contributed by atoms with van der Waals surface area (Å²) in [6.45, 7) is 8.83. The molecule has 4 heterocycles. The number of anilines is 1. The van der Waals surface area contributed by atoms with E-state index in [1.807, 2.05) is 42.5 Å². The van der Waals surface area contributed by atoms with Gasteiger partial charge in [-0.15, -0.1) is 0 Å². The summed E-state index contributed by atoms with van der Waals surface area (Å²) in [4.78, 5) is 30.6. The van der Waals surface area contributed by atoms with E-state index in [0.717, 1.165) is 28.1 Å². The van der Waals surface area contributed by atoms with Crippen LogP contribution in [0.4, 0.5) is 5.69 Å². The molecule has 6 rings (SSSR count). The fourth-order valence-corrected chi connectivity index (χ4v) is 6.45. The normalized spacial score (nSPS) is 17.3. The number of amides is 2. The van der Waals surface area contributed by atoms with Crippen LogP contribution in [-0.2, 0) is 29.2 Å². The standard InChI is InChI=1S/C30H35ClN6O4Si/c1-34-24-14-21-16-32-37(19-40-12-13-42(2,3)4)23(21)15-26(24)41-18-25(29(34)38)35-11-10-22-27(30(35)39)33-36(28(22)31)17-20-8-6-5-7-9-20/h5-9,14-16,25H,10-13,17-19H2,1-4H3/t25-/m0/s1. The molecule has 0 fully saturated rings. The molecular weight excluding hydrogens is 572 g/mol. The Morgan fingerprint density at radius 1 is 1.12 bits per heavy atom. The Labute approximate surface area is 250 Å². The highest BCUT2D eigenvalue weighted by molar-refractivity contribution is 6.76. The van der Waals surface area contributed by atoms with Gasteiger partial charge in [0.15, 0.2) is 5.69 Å². The molecule has 1 atom stereocenters. The monoisotopic (exact) mass is 606 g/mol. The first-order valence-corrected chi connectivity index (χ1v) is 18.3. The van der Waals surface area contributed by atoms with Gasteiger partial charge in [0.2, 0.25) is 0 Å². The average molecular weight is 607 g/mol. The molecule has 42 heavy (non-hydrogen) atoms. The Kier molecular flexibility index (Phi) is 7.58. The number of halogens is 1. The molecule has 10 nitrogen and oxygen atoms in total. The predicted octanol–water partition coefficient (Wildman–Crippen LogP) is 4.67. The van der Waals surface area contributed by atoms with Crippen molar-refractivity contribution in [2.45, 2.75) is 51.4 Å². The second-order valence-electron chi connectivity index (χ2n) is 12.1. The highest BCUT2D eigenvalue weighted by Gasteiger charge is 2.41. The van der Waals surface area contributed by atoms with Gasteiger partial charge in [0.05, 0.1) is 23.9 Å². The van der Waals surface area contributed by atoms with Crippen molar-refractivity contribution in [1.29, 1.82) is 0 Å². The minimum absolute atomic E-state index is 0.0298. The van der Waals surface area contributed by atoms with Gasteiger partial charge in [-0.05, 0) is 24.1 Å². The number of likely N-dealkylation sites (N-methyl/N-ethyl adjacent to an activating group) is 1. The molecule has 2 aromatic carbocycles. The maximum Gasteiger partial charge on any atom is 0.275 e. The first kappa shape index (κ1) is 28.4. The summed E-state index contributed by atoms with van der Waals surface area (Å²) in [6.07, 6.45) is 2.27. The van der Waals surface area contributed by atoms with Crippen LogP contribution in [-0.4, -0.2) is 77.2 Å². The Bertz CT molecular complexity index is 1650. The number of carbonyl (C=O) groups excluding carboxylic acids is 2. The van der Waals surface area contributed by atoms with E-state index in [-0.39, 0.29) is 18.4 Å². The zero-order valence-corrected chi connectivity index (χ0v) is 26.1. The number of benzene rings is 2. The molecule has 0 saturated carbocycles. The van der Waals surface area contributed by atoms with Crippen LogP contribution in [0.15, 0.2) is 48.7 Å². The lowest BCUT2D eigenvalue weighted by Crippen LogP contribution is -2.54. The highest BCUT2D eigenvalue weighted by Crippen LogP contribution is 2.36. The summed E-state index contributed by atoms with van der Waals surface area (Å²) >= 11 is 6.66. The summed E-state index contributed by atoms with van der Waals surface area (Å²) in [5.74, 6) is 0.0226. The van der Waals surface area contributed by atoms with Crippen LogP contribution in [0.2, 0.25) is 30.8 Å². The zero-order chi connectivity index (χ0) is 29.6. The van der Waals surface area contributed by atoms with Gasteiger partial charge in [-0.1, -0.05) is 61.6 Å². The van der Waals surface area contributed by atoms with E-state index in [4.69, 9.17) is 21.1 Å². The molecule has 0 aliphatic carbocycles. The van der Waals surface area contributed by atoms with Crippen molar-refractivity contribution >= 4 is 48.1 Å². The summed E-state index contributed by atoms with van der Waals surface area (Å²) in [5.41, 5.74) is 3.53. The van der Waals surface area contributed by atoms with E-state index in [2.05, 4.69) is 29.8 Å². The third-order valence-electron chi connectivity index (χ3n) is 7.91. The fourth-order valence-electron chi connectivity index (χ4n) is 5.41. The minimum atomic E-state index is -1.19. The lowest BCUT2D eigenvalue weighted by Gasteiger charge is -2.33. The second-order valence-corrected chi connectivity index (χ2v) is 18.1. The quantitative estimate of drug-likeness (QED) is 0.214. The van der Waals surface area contributed by atoms with Crippen LogP contribution >= 0.6 is 11.6 Å². The SMILES string of the molecule is CN1C(=O)[C@@H](N2CCc3c(nn(Cc4ccccc4)c3Cl)C2=O)COc2cc3c(cnn3COCC[Si](C)(C)C)cc21. The van der Waals surface area contributed by atoms with Gasteiger partial charge >= 0.3 is 0 Å². The molecule has 2 amide bonds. The maximum absolute atomic E-state index is 13.7. The maximum atomic E-state index is 13.7. The number of hydrogen-bond donors (Lipinski definition) is 0. The molecule has 4 aromatic rings. The molecule has 0 bridgehead atoms. The van der Waals surface area contributed by atoms with Crippen molar-refractivity contribution in [3.8, 4) is 5.75 Å². The third-order valence-corrected chi connectivity index (χ3v) is 10.0. The van der Waals surface area contributed by atoms with E-state index in [9.17, 15) is 9.59 Å². The van der Waals surface area contributed by atoms with Crippen LogP contribution in [0.1, 0.15) is 21.6 Å². The number of rotatable bonds is 8. The predicted molar refractivity (Wildman–Crippen MR) is 164 cm³/mol. The van der Waals surface area contributed by atoms with Crippen LogP contribution in [0.25, 0.3) is 10.9 Å². The summed E-state index contributed by atoms with van der Waals surface area (Å²) in [7, 11) is 0.525. The number of aromatic nitrogens is 4. The van der Waals surface area contributed by atoms with E-state index in [0.29, 0.717) is 55.1 Å². The summed E-state index contributed by atoms with van der Waals surface area (Å²) in [5, 5.41) is 10.4. The number of carbonyl (C=O) groups is 2. The summed E-state index contributed by atoms with van der Waals surface area (Å²) in [6, 6.07) is 13.9. The van der Waals surface area contributed by atoms with Crippen molar-refractivity contribution in [2.24, 2.45) is 0 Å². The van der Waals surface area contributed by atoms with Crippen LogP contribution < -0.4 is 9.64 Å². The molecule has 2 aliphatic rings. The second kappa shape index (κ2) is 11.2. The van der Waals surface area contributed by atoms with Gasteiger partial charge in [0.25, 0.3) is 11.8 Å². The third kappa shape index (κ3) is 5.44. The number of ether oxygens (including phenoxy) is 2. The van der Waals surface area contributed by atoms with Gasteiger partial charge in [-0.2, -0.15) is 10.2 Å². The van der Waals surface area contributed by atoms with E-state index in [1.54, 1.807) is 32.4 Å². The van der Waals surface area contributed by atoms with Crippen LogP contribution in [0.3, 0.4) is 0 Å². The molecule has 12 heteroatoms. The molecule has 0 radical (unpaired) electrons. The van der Waals surface area contributed by atoms with Crippen LogP contribution in [0, 0.1) is 0 Å². The molecule has 0 saturated heterocycles. The van der Waals surface area contributed by atoms with Crippen molar-refractivity contribution in [1.82, 2.24) is 24.5 Å². The first-order chi connectivity index (χ1) is 20.1. The van der Waals surface area contributed by atoms with Gasteiger partial charge in [0, 0.05) is 45.3 Å². The topological polar surface area (TPSA) is 94.7 Å². The molecule has 2 aliphatic heterocycles. The van der Waals surface area contributed by atoms with Gasteiger partial charge in [-0.25, -0.2) is 9.36 Å². The van der Waals surface area contributed by atoms with Crippen molar-refractivity contribution in [3.05, 3.63) is 70.6 Å². The smallest absolute Gasteiger partial charge is 0.275 e. The molecule has 0 unspecified atom stereocenters. The molecule has 2 aromatic heterocycles. The van der Waals surface area contributed by atoms with E-state index >= 15 is 0 Å². The minimum Gasteiger partial charge on any atom is -0.489 e. The zero-order valence-electron chi connectivity index (χ0n) is 24.3. The lowest BCUT2D eigenvalue weighted by molar-refractivity contribution is -0.123. The van der Waals surface area contributed by atoms with Gasteiger partial charge in [0.1, 0.15) is 30.3 Å². The van der Waals surface area contributed by atoms with Gasteiger partial charge in [-0.3, -0.25) is 9.59 Å². The average Bonchev–Trinajstić information content (AvgIpc) is 3.47. The van der Waals surface area contributed by atoms with Crippen LogP contribution in [0.5, 0.6) is 5.75 Å². The van der Waals surface area contributed by atoms with Crippen molar-refractivity contribution < 1.29 is 19.1 Å². The Morgan fingerprint density at radius 3 is 2.67 bits per heavy atom. The number of nitrogens with zero attached hydrogens (tertiary/aromatic N) is 6. The Hall–Kier alpha value is -3.67. The van der Waals surface area contributed by atoms with Gasteiger partial charge < -0.3 is 19.3 Å². The van der Waals surface area contributed by atoms with Crippen molar-refractivity contribution in [3.63, 3.8) is 0 Å². The van der Waals surface area contributed by atoms with E-state index in [1.165, 1.54) is 0 Å². The Balaban J connectivity index is 1.21. The lowest BCUT2D eigenvalue weighted by atomic mass is 10.0. The Morgan fingerprint density at radius 2 is 1.90 bits per heavy atom. The largest absolute Gasteiger partial charge is 0.489 e. The fraction of sp³-hybridized carbons (Fsp3) is 0.400. The number of fused-ring (bicyclic) bond motifs is 3. The molecule has 220 valence electrons. The first-order valence-electron chi connectivity index (χ1n) is 14.2. The molecular formula is C30H35ClN6O4Si. The highest BCUT2D eigenvalue weighted by atomic mass is 35.5. The van der Waals surface area contributed by atoms with E-state index < -0.39 is 14.1 Å². The molecule has 0 spiro atoms. The van der Waals surface area contributed by atoms with Crippen molar-refractivity contribution in [2.75, 3.05) is 31.7 Å². The summed E-state index contributed by atoms with van der Waals surface area (Å²) < 4.78 is 15.6.